The fourth-order valence-corrected chi connectivity index (χ4v) is 3.88. The summed E-state index contributed by atoms with van der Waals surface area (Å²) in [6.07, 6.45) is 0. The quantitative estimate of drug-likeness (QED) is 0.755. The van der Waals surface area contributed by atoms with Crippen molar-refractivity contribution in [2.75, 3.05) is 19.0 Å². The van der Waals surface area contributed by atoms with Gasteiger partial charge in [0, 0.05) is 0 Å². The number of fused-ring (bicyclic) bond motifs is 1. The second-order valence-corrected chi connectivity index (χ2v) is 6.51. The number of hydrogen-bond acceptors (Lipinski definition) is 6. The first-order chi connectivity index (χ1) is 12.1. The van der Waals surface area contributed by atoms with Gasteiger partial charge >= 0.3 is 5.97 Å². The van der Waals surface area contributed by atoms with Gasteiger partial charge in [-0.2, -0.15) is 0 Å². The molecule has 1 unspecified atom stereocenters. The van der Waals surface area contributed by atoms with Gasteiger partial charge in [0.1, 0.15) is 5.75 Å². The predicted octanol–water partition coefficient (Wildman–Crippen LogP) is 2.91. The number of thioether (sulfide) groups is 1. The molecule has 0 saturated carbocycles. The van der Waals surface area contributed by atoms with Crippen LogP contribution < -0.4 is 4.74 Å². The monoisotopic (exact) mass is 360 g/mol. The lowest BCUT2D eigenvalue weighted by atomic mass is 9.94. The van der Waals surface area contributed by atoms with E-state index in [1.54, 1.807) is 18.7 Å². The van der Waals surface area contributed by atoms with Gasteiger partial charge in [-0.25, -0.2) is 9.79 Å². The average molecular weight is 360 g/mol. The molecule has 1 saturated heterocycles. The maximum atomic E-state index is 12.5. The molecule has 2 heterocycles. The Morgan fingerprint density at radius 2 is 2.00 bits per heavy atom. The van der Waals surface area contributed by atoms with Crippen LogP contribution in [0.2, 0.25) is 0 Å². The van der Waals surface area contributed by atoms with Gasteiger partial charge in [-0.3, -0.25) is 9.69 Å². The van der Waals surface area contributed by atoms with Gasteiger partial charge in [0.2, 0.25) is 5.91 Å². The summed E-state index contributed by atoms with van der Waals surface area (Å²) in [5.41, 5.74) is 1.82. The molecular formula is C18H20N2O4S. The summed E-state index contributed by atoms with van der Waals surface area (Å²) in [6, 6.07) is 6.92. The second kappa shape index (κ2) is 7.31. The number of allylic oxidation sites excluding steroid dienone is 1. The summed E-state index contributed by atoms with van der Waals surface area (Å²) in [5.74, 6) is 0.579. The zero-order valence-electron chi connectivity index (χ0n) is 14.4. The fraction of sp³-hybridized carbons (Fsp3) is 0.389. The standard InChI is InChI=1S/C18H20N2O4S/c1-4-23-13-8-6-12(7-9-13)16-15(17(22)24-5-2)11(3)19-18-20(16)14(21)10-25-18/h6-9,16H,4-5,10H2,1-3H3. The van der Waals surface area contributed by atoms with Gasteiger partial charge in [0.15, 0.2) is 5.17 Å². The van der Waals surface area contributed by atoms with Gasteiger partial charge in [-0.15, -0.1) is 0 Å². The fourth-order valence-electron chi connectivity index (χ4n) is 2.94. The molecule has 1 fully saturated rings. The van der Waals surface area contributed by atoms with E-state index < -0.39 is 12.0 Å². The van der Waals surface area contributed by atoms with Crippen molar-refractivity contribution in [3.05, 3.63) is 41.1 Å². The maximum Gasteiger partial charge on any atom is 0.338 e. The van der Waals surface area contributed by atoms with Crippen molar-refractivity contribution in [3.63, 3.8) is 0 Å². The molecule has 0 aromatic heterocycles. The van der Waals surface area contributed by atoms with Crippen LogP contribution in [0.15, 0.2) is 40.5 Å². The molecule has 1 aromatic carbocycles. The lowest BCUT2D eigenvalue weighted by molar-refractivity contribution is -0.139. The number of carbonyl (C=O) groups is 2. The van der Waals surface area contributed by atoms with E-state index in [0.717, 1.165) is 11.3 Å². The summed E-state index contributed by atoms with van der Waals surface area (Å²) in [6.45, 7) is 6.30. The zero-order valence-corrected chi connectivity index (χ0v) is 15.3. The van der Waals surface area contributed by atoms with Crippen molar-refractivity contribution in [2.24, 2.45) is 4.99 Å². The molecule has 0 spiro atoms. The summed E-state index contributed by atoms with van der Waals surface area (Å²) in [7, 11) is 0. The van der Waals surface area contributed by atoms with Gasteiger partial charge in [-0.05, 0) is 38.5 Å². The van der Waals surface area contributed by atoms with Crippen LogP contribution in [0.4, 0.5) is 0 Å². The van der Waals surface area contributed by atoms with Crippen LogP contribution in [0.1, 0.15) is 32.4 Å². The molecule has 1 amide bonds. The number of nitrogens with zero attached hydrogens (tertiary/aromatic N) is 2. The third-order valence-corrected chi connectivity index (χ3v) is 4.92. The summed E-state index contributed by atoms with van der Waals surface area (Å²) in [5, 5.41) is 0.634. The molecule has 0 bridgehead atoms. The van der Waals surface area contributed by atoms with Crippen molar-refractivity contribution in [1.29, 1.82) is 0 Å². The van der Waals surface area contributed by atoms with Gasteiger partial charge < -0.3 is 9.47 Å². The van der Waals surface area contributed by atoms with E-state index >= 15 is 0 Å². The molecule has 3 rings (SSSR count). The Labute approximate surface area is 150 Å². The number of carbonyl (C=O) groups excluding carboxylic acids is 2. The van der Waals surface area contributed by atoms with E-state index in [4.69, 9.17) is 9.47 Å². The van der Waals surface area contributed by atoms with E-state index in [2.05, 4.69) is 4.99 Å². The number of aliphatic imine (C=N–C) groups is 1. The first-order valence-electron chi connectivity index (χ1n) is 8.21. The summed E-state index contributed by atoms with van der Waals surface area (Å²) >= 11 is 1.39. The van der Waals surface area contributed by atoms with Crippen LogP contribution in [0, 0.1) is 0 Å². The number of benzene rings is 1. The Kier molecular flexibility index (Phi) is 5.13. The Hall–Kier alpha value is -2.28. The largest absolute Gasteiger partial charge is 0.494 e. The SMILES string of the molecule is CCOC(=O)C1=C(C)N=C2SCC(=O)N2C1c1ccc(OCC)cc1. The minimum Gasteiger partial charge on any atom is -0.494 e. The molecule has 0 N–H and O–H groups in total. The highest BCUT2D eigenvalue weighted by Crippen LogP contribution is 2.41. The molecule has 7 heteroatoms. The third kappa shape index (κ3) is 3.28. The van der Waals surface area contributed by atoms with Crippen molar-refractivity contribution < 1.29 is 19.1 Å². The van der Waals surface area contributed by atoms with Crippen LogP contribution in [0.3, 0.4) is 0 Å². The van der Waals surface area contributed by atoms with E-state index in [9.17, 15) is 9.59 Å². The van der Waals surface area contributed by atoms with Crippen molar-refractivity contribution in [3.8, 4) is 5.75 Å². The van der Waals surface area contributed by atoms with Gasteiger partial charge in [-0.1, -0.05) is 23.9 Å². The molecule has 132 valence electrons. The average Bonchev–Trinajstić information content (AvgIpc) is 2.95. The van der Waals surface area contributed by atoms with E-state index in [1.165, 1.54) is 11.8 Å². The molecule has 0 aliphatic carbocycles. The Morgan fingerprint density at radius 3 is 2.64 bits per heavy atom. The molecule has 25 heavy (non-hydrogen) atoms. The van der Waals surface area contributed by atoms with Crippen LogP contribution in [0.5, 0.6) is 5.75 Å². The smallest absolute Gasteiger partial charge is 0.338 e. The molecule has 1 aromatic rings. The Balaban J connectivity index is 2.06. The maximum absolute atomic E-state index is 12.5. The number of amides is 1. The van der Waals surface area contributed by atoms with E-state index in [1.807, 2.05) is 31.2 Å². The van der Waals surface area contributed by atoms with Crippen LogP contribution >= 0.6 is 11.8 Å². The molecule has 2 aliphatic rings. The molecular weight excluding hydrogens is 340 g/mol. The lowest BCUT2D eigenvalue weighted by Crippen LogP contribution is -2.39. The first-order valence-corrected chi connectivity index (χ1v) is 9.19. The molecule has 1 atom stereocenters. The van der Waals surface area contributed by atoms with Gasteiger partial charge in [0.25, 0.3) is 0 Å². The summed E-state index contributed by atoms with van der Waals surface area (Å²) in [4.78, 5) is 31.0. The molecule has 6 nitrogen and oxygen atoms in total. The Bertz CT molecular complexity index is 755. The zero-order chi connectivity index (χ0) is 18.0. The van der Waals surface area contributed by atoms with Gasteiger partial charge in [0.05, 0.1) is 36.3 Å². The lowest BCUT2D eigenvalue weighted by Gasteiger charge is -2.32. The third-order valence-electron chi connectivity index (χ3n) is 3.99. The topological polar surface area (TPSA) is 68.2 Å². The second-order valence-electron chi connectivity index (χ2n) is 5.57. The number of hydrogen-bond donors (Lipinski definition) is 0. The highest BCUT2D eigenvalue weighted by Gasteiger charge is 2.43. The number of esters is 1. The molecule has 2 aliphatic heterocycles. The number of ether oxygens (including phenoxy) is 2. The highest BCUT2D eigenvalue weighted by molar-refractivity contribution is 8.15. The van der Waals surface area contributed by atoms with Crippen LogP contribution in [-0.2, 0) is 14.3 Å². The van der Waals surface area contributed by atoms with E-state index in [-0.39, 0.29) is 12.5 Å². The Morgan fingerprint density at radius 1 is 1.28 bits per heavy atom. The minimum atomic E-state index is -0.523. The van der Waals surface area contributed by atoms with Crippen molar-refractivity contribution in [1.82, 2.24) is 4.90 Å². The van der Waals surface area contributed by atoms with E-state index in [0.29, 0.717) is 28.8 Å². The minimum absolute atomic E-state index is 0.0584. The van der Waals surface area contributed by atoms with Crippen LogP contribution in [0.25, 0.3) is 0 Å². The first kappa shape index (κ1) is 17.5. The number of amidine groups is 1. The predicted molar refractivity (Wildman–Crippen MR) is 96.4 cm³/mol. The van der Waals surface area contributed by atoms with Crippen molar-refractivity contribution in [2.45, 2.75) is 26.8 Å². The highest BCUT2D eigenvalue weighted by atomic mass is 32.2. The normalized spacial score (nSPS) is 19.6. The van der Waals surface area contributed by atoms with Crippen LogP contribution in [-0.4, -0.2) is 40.9 Å². The summed E-state index contributed by atoms with van der Waals surface area (Å²) < 4.78 is 10.7. The van der Waals surface area contributed by atoms with Crippen molar-refractivity contribution >= 4 is 28.8 Å². The molecule has 0 radical (unpaired) electrons. The number of rotatable bonds is 5.